The standard InChI is InChI=1S/C15H16N6/c16-6-11-7-18-21(8-11)13-9-20(10-13)14-4-5-17-15(19-14)12-2-1-3-12/h4-5,7-8,12-13H,1-3,9-10H2. The number of aromatic nitrogens is 4. The summed E-state index contributed by atoms with van der Waals surface area (Å²) in [6, 6.07) is 4.41. The van der Waals surface area contributed by atoms with Gasteiger partial charge in [-0.2, -0.15) is 10.4 Å². The van der Waals surface area contributed by atoms with Crippen LogP contribution in [0.2, 0.25) is 0 Å². The number of hydrogen-bond acceptors (Lipinski definition) is 5. The van der Waals surface area contributed by atoms with Crippen molar-refractivity contribution in [3.8, 4) is 6.07 Å². The topological polar surface area (TPSA) is 70.6 Å². The average molecular weight is 280 g/mol. The molecule has 0 unspecified atom stereocenters. The molecule has 2 aliphatic rings. The van der Waals surface area contributed by atoms with E-state index in [1.165, 1.54) is 19.3 Å². The van der Waals surface area contributed by atoms with Crippen molar-refractivity contribution < 1.29 is 0 Å². The summed E-state index contributed by atoms with van der Waals surface area (Å²) >= 11 is 0. The van der Waals surface area contributed by atoms with Crippen LogP contribution in [0.4, 0.5) is 5.82 Å². The molecule has 106 valence electrons. The highest BCUT2D eigenvalue weighted by atomic mass is 15.4. The lowest BCUT2D eigenvalue weighted by Gasteiger charge is -2.40. The van der Waals surface area contributed by atoms with Gasteiger partial charge in [0.1, 0.15) is 17.7 Å². The van der Waals surface area contributed by atoms with E-state index in [-0.39, 0.29) is 0 Å². The SMILES string of the molecule is N#Cc1cnn(C2CN(c3ccnc(C4CCC4)n3)C2)c1. The molecule has 2 aromatic rings. The molecule has 1 saturated carbocycles. The molecule has 2 fully saturated rings. The molecule has 21 heavy (non-hydrogen) atoms. The summed E-state index contributed by atoms with van der Waals surface area (Å²) in [6.45, 7) is 1.77. The van der Waals surface area contributed by atoms with Gasteiger partial charge in [0.15, 0.2) is 0 Å². The molecule has 0 amide bonds. The highest BCUT2D eigenvalue weighted by Gasteiger charge is 2.31. The van der Waals surface area contributed by atoms with E-state index in [1.54, 1.807) is 6.20 Å². The third-order valence-corrected chi connectivity index (χ3v) is 4.42. The number of nitriles is 1. The first-order chi connectivity index (χ1) is 10.3. The van der Waals surface area contributed by atoms with Crippen LogP contribution in [0.25, 0.3) is 0 Å². The van der Waals surface area contributed by atoms with E-state index in [4.69, 9.17) is 10.2 Å². The lowest BCUT2D eigenvalue weighted by Crippen LogP contribution is -2.48. The van der Waals surface area contributed by atoms with Crippen molar-refractivity contribution in [3.63, 3.8) is 0 Å². The van der Waals surface area contributed by atoms with Gasteiger partial charge < -0.3 is 4.90 Å². The van der Waals surface area contributed by atoms with Crippen molar-refractivity contribution in [2.75, 3.05) is 18.0 Å². The number of hydrogen-bond donors (Lipinski definition) is 0. The lowest BCUT2D eigenvalue weighted by molar-refractivity contribution is 0.363. The van der Waals surface area contributed by atoms with E-state index >= 15 is 0 Å². The first-order valence-corrected chi connectivity index (χ1v) is 7.35. The van der Waals surface area contributed by atoms with Crippen molar-refractivity contribution in [2.45, 2.75) is 31.2 Å². The Hall–Kier alpha value is -2.42. The summed E-state index contributed by atoms with van der Waals surface area (Å²) in [5.74, 6) is 2.56. The van der Waals surface area contributed by atoms with Crippen molar-refractivity contribution in [1.82, 2.24) is 19.7 Å². The minimum absolute atomic E-state index is 0.328. The lowest BCUT2D eigenvalue weighted by atomic mass is 9.85. The quantitative estimate of drug-likeness (QED) is 0.858. The molecule has 2 aromatic heterocycles. The van der Waals surface area contributed by atoms with Gasteiger partial charge in [-0.25, -0.2) is 9.97 Å². The van der Waals surface area contributed by atoms with Crippen LogP contribution in [-0.2, 0) is 0 Å². The van der Waals surface area contributed by atoms with Crippen LogP contribution >= 0.6 is 0 Å². The van der Waals surface area contributed by atoms with Crippen LogP contribution in [0.1, 0.15) is 42.6 Å². The van der Waals surface area contributed by atoms with Crippen LogP contribution in [0.3, 0.4) is 0 Å². The Morgan fingerprint density at radius 1 is 1.29 bits per heavy atom. The molecule has 6 nitrogen and oxygen atoms in total. The maximum absolute atomic E-state index is 8.83. The Labute approximate surface area is 123 Å². The number of anilines is 1. The highest BCUT2D eigenvalue weighted by molar-refractivity contribution is 5.42. The van der Waals surface area contributed by atoms with E-state index < -0.39 is 0 Å². The van der Waals surface area contributed by atoms with Crippen LogP contribution in [0.5, 0.6) is 0 Å². The van der Waals surface area contributed by atoms with E-state index in [2.05, 4.69) is 21.1 Å². The predicted molar refractivity (Wildman–Crippen MR) is 76.8 cm³/mol. The normalized spacial score (nSPS) is 18.9. The van der Waals surface area contributed by atoms with Gasteiger partial charge in [0.25, 0.3) is 0 Å². The summed E-state index contributed by atoms with van der Waals surface area (Å²) in [5.41, 5.74) is 0.614. The van der Waals surface area contributed by atoms with E-state index in [9.17, 15) is 0 Å². The first-order valence-electron chi connectivity index (χ1n) is 7.35. The van der Waals surface area contributed by atoms with Crippen LogP contribution < -0.4 is 4.90 Å². The molecule has 4 rings (SSSR count). The summed E-state index contributed by atoms with van der Waals surface area (Å²) in [7, 11) is 0. The second-order valence-corrected chi connectivity index (χ2v) is 5.78. The van der Waals surface area contributed by atoms with Gasteiger partial charge in [-0.1, -0.05) is 6.42 Å². The highest BCUT2D eigenvalue weighted by Crippen LogP contribution is 2.35. The monoisotopic (exact) mass is 280 g/mol. The second-order valence-electron chi connectivity index (χ2n) is 5.78. The molecule has 1 saturated heterocycles. The molecule has 0 N–H and O–H groups in total. The van der Waals surface area contributed by atoms with Gasteiger partial charge in [-0.15, -0.1) is 0 Å². The molecule has 3 heterocycles. The maximum atomic E-state index is 8.83. The maximum Gasteiger partial charge on any atom is 0.133 e. The Balaban J connectivity index is 1.44. The zero-order valence-electron chi connectivity index (χ0n) is 11.7. The summed E-state index contributed by atoms with van der Waals surface area (Å²) < 4.78 is 1.88. The van der Waals surface area contributed by atoms with Crippen LogP contribution in [0.15, 0.2) is 24.7 Å². The zero-order valence-corrected chi connectivity index (χ0v) is 11.7. The Morgan fingerprint density at radius 2 is 2.14 bits per heavy atom. The van der Waals surface area contributed by atoms with Gasteiger partial charge in [0.2, 0.25) is 0 Å². The van der Waals surface area contributed by atoms with Crippen molar-refractivity contribution in [2.24, 2.45) is 0 Å². The molecule has 0 aromatic carbocycles. The fraction of sp³-hybridized carbons (Fsp3) is 0.467. The predicted octanol–water partition coefficient (Wildman–Crippen LogP) is 1.87. The molecule has 1 aliphatic heterocycles. The van der Waals surface area contributed by atoms with Crippen molar-refractivity contribution in [1.29, 1.82) is 5.26 Å². The van der Waals surface area contributed by atoms with Gasteiger partial charge in [0.05, 0.1) is 17.8 Å². The Morgan fingerprint density at radius 3 is 2.81 bits per heavy atom. The first kappa shape index (κ1) is 12.3. The van der Waals surface area contributed by atoms with Crippen LogP contribution in [-0.4, -0.2) is 32.8 Å². The van der Waals surface area contributed by atoms with E-state index in [0.717, 1.165) is 24.7 Å². The molecule has 1 aliphatic carbocycles. The minimum Gasteiger partial charge on any atom is -0.352 e. The fourth-order valence-corrected chi connectivity index (χ4v) is 2.81. The third-order valence-electron chi connectivity index (χ3n) is 4.42. The number of nitrogens with zero attached hydrogens (tertiary/aromatic N) is 6. The Bertz CT molecular complexity index is 690. The summed E-state index contributed by atoms with van der Waals surface area (Å²) in [6.07, 6.45) is 9.02. The molecular weight excluding hydrogens is 264 g/mol. The minimum atomic E-state index is 0.328. The summed E-state index contributed by atoms with van der Waals surface area (Å²) in [5, 5.41) is 13.1. The largest absolute Gasteiger partial charge is 0.352 e. The third kappa shape index (κ3) is 2.15. The van der Waals surface area contributed by atoms with E-state index in [1.807, 2.05) is 23.1 Å². The number of rotatable bonds is 3. The Kier molecular flexibility index (Phi) is 2.85. The molecule has 0 bridgehead atoms. The van der Waals surface area contributed by atoms with Gasteiger partial charge >= 0.3 is 0 Å². The fourth-order valence-electron chi connectivity index (χ4n) is 2.81. The summed E-state index contributed by atoms with van der Waals surface area (Å²) in [4.78, 5) is 11.3. The van der Waals surface area contributed by atoms with Crippen LogP contribution in [0, 0.1) is 11.3 Å². The molecule has 6 heteroatoms. The van der Waals surface area contributed by atoms with Gasteiger partial charge in [-0.05, 0) is 18.9 Å². The smallest absolute Gasteiger partial charge is 0.133 e. The van der Waals surface area contributed by atoms with Crippen molar-refractivity contribution in [3.05, 3.63) is 36.0 Å². The van der Waals surface area contributed by atoms with E-state index in [0.29, 0.717) is 17.5 Å². The average Bonchev–Trinajstić information content (AvgIpc) is 2.84. The second kappa shape index (κ2) is 4.85. The molecule has 0 spiro atoms. The van der Waals surface area contributed by atoms with Crippen molar-refractivity contribution >= 4 is 5.82 Å². The van der Waals surface area contributed by atoms with Gasteiger partial charge in [-0.3, -0.25) is 4.68 Å². The zero-order chi connectivity index (χ0) is 14.2. The molecular formula is C15H16N6. The molecule has 0 atom stereocenters. The van der Waals surface area contributed by atoms with Gasteiger partial charge in [0, 0.05) is 31.4 Å². The molecule has 0 radical (unpaired) electrons.